The number of aromatic amines is 1. The van der Waals surface area contributed by atoms with E-state index in [9.17, 15) is 19.5 Å². The molecule has 0 bridgehead atoms. The number of carbonyl (C=O) groups is 2. The highest BCUT2D eigenvalue weighted by Gasteiger charge is 2.28. The van der Waals surface area contributed by atoms with Crippen LogP contribution in [-0.4, -0.2) is 36.2 Å². The fourth-order valence-corrected chi connectivity index (χ4v) is 3.20. The first kappa shape index (κ1) is 20.9. The number of ether oxygens (including phenoxy) is 2. The van der Waals surface area contributed by atoms with Crippen LogP contribution >= 0.6 is 0 Å². The van der Waals surface area contributed by atoms with Crippen molar-refractivity contribution in [2.75, 3.05) is 14.2 Å². The minimum absolute atomic E-state index is 0.0212. The molecule has 156 valence electrons. The molecule has 0 aliphatic heterocycles. The molecule has 0 fully saturated rings. The molecule has 8 heteroatoms. The van der Waals surface area contributed by atoms with Gasteiger partial charge in [-0.25, -0.2) is 4.79 Å². The molecule has 2 N–H and O–H groups in total. The third-order valence-corrected chi connectivity index (χ3v) is 4.69. The number of furan rings is 1. The summed E-state index contributed by atoms with van der Waals surface area (Å²) in [7, 11) is 2.55. The molecular formula is C22H21NO7. The normalized spacial score (nSPS) is 11.7. The Kier molecular flexibility index (Phi) is 6.06. The number of H-pyrrole nitrogens is 1. The Balaban J connectivity index is 2.00. The summed E-state index contributed by atoms with van der Waals surface area (Å²) in [6.07, 6.45) is -0.190. The van der Waals surface area contributed by atoms with Gasteiger partial charge in [0.15, 0.2) is 0 Å². The zero-order valence-electron chi connectivity index (χ0n) is 16.7. The van der Waals surface area contributed by atoms with Gasteiger partial charge in [-0.15, -0.1) is 0 Å². The molecule has 0 aliphatic rings. The highest BCUT2D eigenvalue weighted by Crippen LogP contribution is 2.35. The summed E-state index contributed by atoms with van der Waals surface area (Å²) in [5, 5.41) is 10.4. The molecule has 0 amide bonds. The summed E-state index contributed by atoms with van der Waals surface area (Å²) < 4.78 is 15.3. The van der Waals surface area contributed by atoms with Gasteiger partial charge in [-0.05, 0) is 37.3 Å². The molecule has 8 nitrogen and oxygen atoms in total. The minimum atomic E-state index is -0.843. The zero-order valence-corrected chi connectivity index (χ0v) is 16.7. The molecule has 0 aliphatic carbocycles. The van der Waals surface area contributed by atoms with E-state index in [2.05, 4.69) is 9.72 Å². The first-order valence-corrected chi connectivity index (χ1v) is 9.12. The van der Waals surface area contributed by atoms with Crippen LogP contribution in [0.4, 0.5) is 0 Å². The summed E-state index contributed by atoms with van der Waals surface area (Å²) in [5.41, 5.74) is 1.08. The van der Waals surface area contributed by atoms with E-state index in [1.54, 1.807) is 43.3 Å². The Morgan fingerprint density at radius 3 is 2.40 bits per heavy atom. The van der Waals surface area contributed by atoms with E-state index in [1.165, 1.54) is 20.3 Å². The van der Waals surface area contributed by atoms with Gasteiger partial charge in [0, 0.05) is 11.3 Å². The maximum absolute atomic E-state index is 12.5. The largest absolute Gasteiger partial charge is 0.507 e. The monoisotopic (exact) mass is 411 g/mol. The van der Waals surface area contributed by atoms with Crippen LogP contribution in [0.2, 0.25) is 0 Å². The van der Waals surface area contributed by atoms with E-state index >= 15 is 0 Å². The number of carbonyl (C=O) groups excluding carboxylic acids is 2. The Morgan fingerprint density at radius 2 is 1.80 bits per heavy atom. The maximum atomic E-state index is 12.5. The standard InChI is InChI=1S/C22H21NO7/c1-12-10-16(24)20(21(26)23-12)15(11-19(25)28-2)18-9-8-17(30-18)13-4-6-14(7-5-13)22(27)29-3/h4-10,15H,11H2,1-3H3,(H2,23,24,26)/t15-/m1/s1. The SMILES string of the molecule is COC(=O)C[C@H](c1ccc(-c2ccc(C(=O)OC)cc2)o1)c1c(O)cc(C)[nH]c1=O. The van der Waals surface area contributed by atoms with E-state index in [-0.39, 0.29) is 17.7 Å². The predicted molar refractivity (Wildman–Crippen MR) is 107 cm³/mol. The van der Waals surface area contributed by atoms with Crippen molar-refractivity contribution in [3.05, 3.63) is 75.4 Å². The van der Waals surface area contributed by atoms with Crippen LogP contribution in [0.25, 0.3) is 11.3 Å². The first-order valence-electron chi connectivity index (χ1n) is 9.12. The van der Waals surface area contributed by atoms with Crippen molar-refractivity contribution >= 4 is 11.9 Å². The number of pyridine rings is 1. The van der Waals surface area contributed by atoms with Gasteiger partial charge in [0.1, 0.15) is 17.3 Å². The summed E-state index contributed by atoms with van der Waals surface area (Å²) in [4.78, 5) is 38.7. The molecule has 3 aromatic rings. The van der Waals surface area contributed by atoms with Gasteiger partial charge in [-0.3, -0.25) is 9.59 Å². The van der Waals surface area contributed by atoms with Crippen LogP contribution in [0, 0.1) is 6.92 Å². The molecule has 0 unspecified atom stereocenters. The van der Waals surface area contributed by atoms with Crippen molar-refractivity contribution in [2.24, 2.45) is 0 Å². The number of aryl methyl sites for hydroxylation is 1. The highest BCUT2D eigenvalue weighted by molar-refractivity contribution is 5.89. The number of methoxy groups -OCH3 is 2. The fourth-order valence-electron chi connectivity index (χ4n) is 3.20. The highest BCUT2D eigenvalue weighted by atomic mass is 16.5. The quantitative estimate of drug-likeness (QED) is 0.598. The lowest BCUT2D eigenvalue weighted by Crippen LogP contribution is -2.20. The Bertz CT molecular complexity index is 1130. The van der Waals surface area contributed by atoms with Crippen LogP contribution in [-0.2, 0) is 14.3 Å². The molecule has 0 saturated carbocycles. The summed E-state index contributed by atoms with van der Waals surface area (Å²) in [6.45, 7) is 1.64. The van der Waals surface area contributed by atoms with Gasteiger partial charge in [-0.2, -0.15) is 0 Å². The molecule has 1 atom stereocenters. The van der Waals surface area contributed by atoms with Crippen LogP contribution in [0.5, 0.6) is 5.75 Å². The van der Waals surface area contributed by atoms with Crippen molar-refractivity contribution in [3.8, 4) is 17.1 Å². The third kappa shape index (κ3) is 4.27. The first-order chi connectivity index (χ1) is 14.3. The number of esters is 2. The van der Waals surface area contributed by atoms with Gasteiger partial charge >= 0.3 is 11.9 Å². The van der Waals surface area contributed by atoms with Crippen LogP contribution < -0.4 is 5.56 Å². The van der Waals surface area contributed by atoms with E-state index in [0.717, 1.165) is 0 Å². The zero-order chi connectivity index (χ0) is 21.8. The molecule has 30 heavy (non-hydrogen) atoms. The molecule has 3 rings (SSSR count). The van der Waals surface area contributed by atoms with Crippen molar-refractivity contribution in [2.45, 2.75) is 19.3 Å². The van der Waals surface area contributed by atoms with Crippen molar-refractivity contribution in [3.63, 3.8) is 0 Å². The van der Waals surface area contributed by atoms with Gasteiger partial charge in [0.05, 0.1) is 37.7 Å². The third-order valence-electron chi connectivity index (χ3n) is 4.69. The van der Waals surface area contributed by atoms with Crippen LogP contribution in [0.15, 0.2) is 51.7 Å². The summed E-state index contributed by atoms with van der Waals surface area (Å²) >= 11 is 0. The molecular weight excluding hydrogens is 390 g/mol. The van der Waals surface area contributed by atoms with E-state index in [4.69, 9.17) is 9.15 Å². The molecule has 0 radical (unpaired) electrons. The summed E-state index contributed by atoms with van der Waals surface area (Å²) in [6, 6.07) is 11.3. The van der Waals surface area contributed by atoms with E-state index < -0.39 is 23.4 Å². The lowest BCUT2D eigenvalue weighted by atomic mass is 9.93. The second-order valence-corrected chi connectivity index (χ2v) is 6.68. The number of rotatable bonds is 6. The lowest BCUT2D eigenvalue weighted by Gasteiger charge is -2.15. The number of aromatic hydroxyl groups is 1. The van der Waals surface area contributed by atoms with Gasteiger partial charge in [0.2, 0.25) is 0 Å². The van der Waals surface area contributed by atoms with Crippen molar-refractivity contribution in [1.82, 2.24) is 4.98 Å². The Labute approximate surface area is 172 Å². The smallest absolute Gasteiger partial charge is 0.337 e. The number of hydrogen-bond acceptors (Lipinski definition) is 7. The average Bonchev–Trinajstić information content (AvgIpc) is 3.21. The topological polar surface area (TPSA) is 119 Å². The fraction of sp³-hybridized carbons (Fsp3) is 0.227. The van der Waals surface area contributed by atoms with Crippen molar-refractivity contribution in [1.29, 1.82) is 0 Å². The average molecular weight is 411 g/mol. The Hall–Kier alpha value is -3.81. The maximum Gasteiger partial charge on any atom is 0.337 e. The van der Waals surface area contributed by atoms with Crippen LogP contribution in [0.3, 0.4) is 0 Å². The number of benzene rings is 1. The van der Waals surface area contributed by atoms with Gasteiger partial charge < -0.3 is 24.0 Å². The Morgan fingerprint density at radius 1 is 1.10 bits per heavy atom. The minimum Gasteiger partial charge on any atom is -0.507 e. The van der Waals surface area contributed by atoms with Gasteiger partial charge in [-0.1, -0.05) is 12.1 Å². The van der Waals surface area contributed by atoms with E-state index in [1.807, 2.05) is 0 Å². The predicted octanol–water partition coefficient (Wildman–Crippen LogP) is 3.13. The molecule has 2 heterocycles. The van der Waals surface area contributed by atoms with E-state index in [0.29, 0.717) is 28.3 Å². The van der Waals surface area contributed by atoms with Crippen molar-refractivity contribution < 1.29 is 28.6 Å². The summed E-state index contributed by atoms with van der Waals surface area (Å²) in [5.74, 6) is -1.29. The molecule has 1 aromatic carbocycles. The second-order valence-electron chi connectivity index (χ2n) is 6.68. The number of hydrogen-bond donors (Lipinski definition) is 2. The molecule has 0 spiro atoms. The van der Waals surface area contributed by atoms with Gasteiger partial charge in [0.25, 0.3) is 5.56 Å². The van der Waals surface area contributed by atoms with Crippen LogP contribution in [0.1, 0.15) is 39.7 Å². The number of aromatic nitrogens is 1. The lowest BCUT2D eigenvalue weighted by molar-refractivity contribution is -0.140. The molecule has 0 saturated heterocycles. The molecule has 2 aromatic heterocycles. The number of nitrogens with one attached hydrogen (secondary N) is 1. The second kappa shape index (κ2) is 8.69.